The second-order valence-corrected chi connectivity index (χ2v) is 3.84. The predicted octanol–water partition coefficient (Wildman–Crippen LogP) is 1.74. The Hall–Kier alpha value is -1.46. The van der Waals surface area contributed by atoms with Crippen LogP contribution in [-0.4, -0.2) is 40.6 Å². The molecule has 0 saturated heterocycles. The van der Waals surface area contributed by atoms with Gasteiger partial charge in [0, 0.05) is 32.0 Å². The molecule has 0 fully saturated rings. The van der Waals surface area contributed by atoms with Crippen molar-refractivity contribution in [3.63, 3.8) is 0 Å². The van der Waals surface area contributed by atoms with Gasteiger partial charge in [0.1, 0.15) is 5.75 Å². The molecule has 18 heavy (non-hydrogen) atoms. The number of rotatable bonds is 9. The summed E-state index contributed by atoms with van der Waals surface area (Å²) in [6.07, 6.45) is 0.941. The molecule has 0 spiro atoms. The first-order valence-corrected chi connectivity index (χ1v) is 6.02. The van der Waals surface area contributed by atoms with Crippen molar-refractivity contribution in [3.05, 3.63) is 18.2 Å². The average Bonchev–Trinajstić information content (AvgIpc) is 2.39. The molecular formula is C13H22N2O3. The highest BCUT2D eigenvalue weighted by Gasteiger charge is 2.00. The lowest BCUT2D eigenvalue weighted by Gasteiger charge is -2.10. The zero-order valence-electron chi connectivity index (χ0n) is 11.1. The maximum absolute atomic E-state index is 5.74. The third-order valence-corrected chi connectivity index (χ3v) is 2.46. The molecule has 102 valence electrons. The van der Waals surface area contributed by atoms with E-state index in [-0.39, 0.29) is 0 Å². The number of nitrogen functional groups attached to an aromatic ring is 1. The van der Waals surface area contributed by atoms with Crippen LogP contribution in [0, 0.1) is 0 Å². The highest BCUT2D eigenvalue weighted by atomic mass is 16.5. The summed E-state index contributed by atoms with van der Waals surface area (Å²) < 4.78 is 15.4. The highest BCUT2D eigenvalue weighted by molar-refractivity contribution is 5.61. The number of nitrogens with one attached hydrogen (secondary N) is 1. The van der Waals surface area contributed by atoms with Gasteiger partial charge >= 0.3 is 0 Å². The van der Waals surface area contributed by atoms with Gasteiger partial charge in [0.25, 0.3) is 0 Å². The Labute approximate surface area is 108 Å². The Morgan fingerprint density at radius 1 is 1.17 bits per heavy atom. The average molecular weight is 254 g/mol. The third kappa shape index (κ3) is 5.25. The molecule has 0 aliphatic rings. The molecule has 1 aromatic rings. The van der Waals surface area contributed by atoms with Gasteiger partial charge in [-0.15, -0.1) is 0 Å². The van der Waals surface area contributed by atoms with Crippen LogP contribution >= 0.6 is 0 Å². The Morgan fingerprint density at radius 3 is 2.72 bits per heavy atom. The van der Waals surface area contributed by atoms with Crippen molar-refractivity contribution >= 4 is 11.4 Å². The molecule has 3 N–H and O–H groups in total. The molecule has 0 bridgehead atoms. The fourth-order valence-electron chi connectivity index (χ4n) is 1.47. The van der Waals surface area contributed by atoms with Crippen LogP contribution in [0.2, 0.25) is 0 Å². The van der Waals surface area contributed by atoms with Crippen molar-refractivity contribution in [2.45, 2.75) is 6.42 Å². The summed E-state index contributed by atoms with van der Waals surface area (Å²) in [6.45, 7) is 2.86. The summed E-state index contributed by atoms with van der Waals surface area (Å²) in [4.78, 5) is 0. The maximum atomic E-state index is 5.74. The Kier molecular flexibility index (Phi) is 6.98. The van der Waals surface area contributed by atoms with E-state index in [1.807, 2.05) is 18.2 Å². The van der Waals surface area contributed by atoms with Gasteiger partial charge in [0.05, 0.1) is 26.0 Å². The number of anilines is 2. The summed E-state index contributed by atoms with van der Waals surface area (Å²) in [6, 6.07) is 5.65. The van der Waals surface area contributed by atoms with Crippen molar-refractivity contribution in [2.24, 2.45) is 0 Å². The molecular weight excluding hydrogens is 232 g/mol. The lowest BCUT2D eigenvalue weighted by molar-refractivity contribution is 0.0705. The quantitative estimate of drug-likeness (QED) is 0.519. The molecule has 0 aliphatic heterocycles. The molecule has 1 aromatic carbocycles. The predicted molar refractivity (Wildman–Crippen MR) is 73.2 cm³/mol. The van der Waals surface area contributed by atoms with E-state index < -0.39 is 0 Å². The Balaban J connectivity index is 2.19. The minimum Gasteiger partial charge on any atom is -0.495 e. The maximum Gasteiger partial charge on any atom is 0.143 e. The van der Waals surface area contributed by atoms with Crippen molar-refractivity contribution in [1.29, 1.82) is 0 Å². The topological polar surface area (TPSA) is 65.7 Å². The number of hydrogen-bond acceptors (Lipinski definition) is 5. The van der Waals surface area contributed by atoms with Gasteiger partial charge in [-0.05, 0) is 18.6 Å². The van der Waals surface area contributed by atoms with Gasteiger partial charge in [-0.3, -0.25) is 0 Å². The lowest BCUT2D eigenvalue weighted by Crippen LogP contribution is -2.08. The molecule has 0 saturated carbocycles. The standard InChI is InChI=1S/C13H22N2O3/c1-16-8-9-18-7-3-6-15-11-4-5-12(14)13(10-11)17-2/h4-5,10,15H,3,6-9,14H2,1-2H3. The summed E-state index contributed by atoms with van der Waals surface area (Å²) in [5, 5.41) is 3.29. The van der Waals surface area contributed by atoms with Crippen LogP contribution in [0.4, 0.5) is 11.4 Å². The fourth-order valence-corrected chi connectivity index (χ4v) is 1.47. The molecule has 0 unspecified atom stereocenters. The monoisotopic (exact) mass is 254 g/mol. The first-order chi connectivity index (χ1) is 8.77. The van der Waals surface area contributed by atoms with Crippen LogP contribution in [-0.2, 0) is 9.47 Å². The third-order valence-electron chi connectivity index (χ3n) is 2.46. The van der Waals surface area contributed by atoms with Crippen molar-refractivity contribution in [3.8, 4) is 5.75 Å². The van der Waals surface area contributed by atoms with Crippen molar-refractivity contribution in [2.75, 3.05) is 51.6 Å². The van der Waals surface area contributed by atoms with E-state index in [9.17, 15) is 0 Å². The number of nitrogens with two attached hydrogens (primary N) is 1. The smallest absolute Gasteiger partial charge is 0.143 e. The van der Waals surface area contributed by atoms with Crippen LogP contribution in [0.3, 0.4) is 0 Å². The highest BCUT2D eigenvalue weighted by Crippen LogP contribution is 2.24. The van der Waals surface area contributed by atoms with Gasteiger partial charge in [-0.25, -0.2) is 0 Å². The van der Waals surface area contributed by atoms with Gasteiger partial charge in [-0.1, -0.05) is 0 Å². The van der Waals surface area contributed by atoms with Crippen LogP contribution in [0.5, 0.6) is 5.75 Å². The lowest BCUT2D eigenvalue weighted by atomic mass is 10.2. The summed E-state index contributed by atoms with van der Waals surface area (Å²) >= 11 is 0. The molecule has 5 heteroatoms. The molecule has 1 rings (SSSR count). The van der Waals surface area contributed by atoms with Crippen molar-refractivity contribution < 1.29 is 14.2 Å². The summed E-state index contributed by atoms with van der Waals surface area (Å²) in [5.74, 6) is 0.691. The van der Waals surface area contributed by atoms with Gasteiger partial charge < -0.3 is 25.3 Å². The molecule has 0 aromatic heterocycles. The molecule has 0 aliphatic carbocycles. The van der Waals surface area contributed by atoms with E-state index in [0.29, 0.717) is 24.7 Å². The number of benzene rings is 1. The zero-order valence-corrected chi connectivity index (χ0v) is 11.1. The largest absolute Gasteiger partial charge is 0.495 e. The number of methoxy groups -OCH3 is 2. The summed E-state index contributed by atoms with van der Waals surface area (Å²) in [5.41, 5.74) is 7.38. The Bertz CT molecular complexity index is 345. The van der Waals surface area contributed by atoms with E-state index in [1.165, 1.54) is 0 Å². The second-order valence-electron chi connectivity index (χ2n) is 3.84. The molecule has 0 heterocycles. The molecule has 0 amide bonds. The van der Waals surface area contributed by atoms with Crippen LogP contribution < -0.4 is 15.8 Å². The fraction of sp³-hybridized carbons (Fsp3) is 0.538. The van der Waals surface area contributed by atoms with Gasteiger partial charge in [0.2, 0.25) is 0 Å². The molecule has 5 nitrogen and oxygen atoms in total. The minimum atomic E-state index is 0.641. The van der Waals surface area contributed by atoms with Crippen LogP contribution in [0.25, 0.3) is 0 Å². The Morgan fingerprint density at radius 2 is 2.00 bits per heavy atom. The van der Waals surface area contributed by atoms with E-state index in [4.69, 9.17) is 19.9 Å². The normalized spacial score (nSPS) is 10.3. The van der Waals surface area contributed by atoms with Gasteiger partial charge in [-0.2, -0.15) is 0 Å². The van der Waals surface area contributed by atoms with Crippen LogP contribution in [0.1, 0.15) is 6.42 Å². The number of ether oxygens (including phenoxy) is 3. The van der Waals surface area contributed by atoms with Crippen LogP contribution in [0.15, 0.2) is 18.2 Å². The van der Waals surface area contributed by atoms with E-state index in [0.717, 1.165) is 25.3 Å². The first kappa shape index (κ1) is 14.6. The van der Waals surface area contributed by atoms with Gasteiger partial charge in [0.15, 0.2) is 0 Å². The second kappa shape index (κ2) is 8.60. The molecule has 0 radical (unpaired) electrons. The van der Waals surface area contributed by atoms with E-state index in [1.54, 1.807) is 14.2 Å². The zero-order chi connectivity index (χ0) is 13.2. The minimum absolute atomic E-state index is 0.641. The van der Waals surface area contributed by atoms with E-state index in [2.05, 4.69) is 5.32 Å². The van der Waals surface area contributed by atoms with E-state index >= 15 is 0 Å². The number of hydrogen-bond donors (Lipinski definition) is 2. The SMILES string of the molecule is COCCOCCCNc1ccc(N)c(OC)c1. The molecule has 0 atom stereocenters. The first-order valence-electron chi connectivity index (χ1n) is 6.02. The summed E-state index contributed by atoms with van der Waals surface area (Å²) in [7, 11) is 3.28. The van der Waals surface area contributed by atoms with Crippen molar-refractivity contribution in [1.82, 2.24) is 0 Å².